The minimum atomic E-state index is -0.00595. The monoisotopic (exact) mass is 340 g/mol. The van der Waals surface area contributed by atoms with E-state index in [1.807, 2.05) is 0 Å². The Bertz CT molecular complexity index is 316. The fraction of sp³-hybridized carbons (Fsp3) is 0.909. The van der Waals surface area contributed by atoms with E-state index in [4.69, 9.17) is 9.84 Å². The molecule has 0 saturated carbocycles. The predicted octanol–water partition coefficient (Wildman–Crippen LogP) is 6.52. The predicted molar refractivity (Wildman–Crippen MR) is 106 cm³/mol. The van der Waals surface area contributed by atoms with Crippen molar-refractivity contribution in [3.8, 4) is 0 Å². The molecule has 0 aromatic carbocycles. The first-order valence-electron chi connectivity index (χ1n) is 10.1. The van der Waals surface area contributed by atoms with E-state index in [1.54, 1.807) is 0 Å². The van der Waals surface area contributed by atoms with E-state index in [-0.39, 0.29) is 5.60 Å². The number of aliphatic hydroxyl groups is 1. The molecule has 0 spiro atoms. The van der Waals surface area contributed by atoms with Gasteiger partial charge in [0.15, 0.2) is 0 Å². The van der Waals surface area contributed by atoms with Gasteiger partial charge in [-0.2, -0.15) is 0 Å². The van der Waals surface area contributed by atoms with Crippen LogP contribution in [0.1, 0.15) is 99.3 Å². The van der Waals surface area contributed by atoms with Gasteiger partial charge in [0.2, 0.25) is 0 Å². The second kappa shape index (κ2) is 13.9. The van der Waals surface area contributed by atoms with Gasteiger partial charge < -0.3 is 9.84 Å². The lowest BCUT2D eigenvalue weighted by molar-refractivity contribution is -0.0274. The van der Waals surface area contributed by atoms with Gasteiger partial charge >= 0.3 is 0 Å². The summed E-state index contributed by atoms with van der Waals surface area (Å²) in [5.74, 6) is 1.44. The largest absolute Gasteiger partial charge is 0.396 e. The lowest BCUT2D eigenvalue weighted by Crippen LogP contribution is -2.25. The first kappa shape index (κ1) is 23.7. The summed E-state index contributed by atoms with van der Waals surface area (Å²) < 4.78 is 6.11. The number of rotatable bonds is 15. The molecule has 0 aromatic heterocycles. The molecule has 2 atom stereocenters. The van der Waals surface area contributed by atoms with Crippen LogP contribution in [0.3, 0.4) is 0 Å². The van der Waals surface area contributed by atoms with E-state index in [0.717, 1.165) is 25.4 Å². The van der Waals surface area contributed by atoms with Crippen LogP contribution >= 0.6 is 0 Å². The Balaban J connectivity index is 3.65. The van der Waals surface area contributed by atoms with E-state index in [9.17, 15) is 0 Å². The average Bonchev–Trinajstić information content (AvgIpc) is 2.46. The summed E-state index contributed by atoms with van der Waals surface area (Å²) in [6.07, 6.45) is 13.1. The molecule has 0 aliphatic rings. The van der Waals surface area contributed by atoms with Crippen LogP contribution in [-0.4, -0.2) is 23.9 Å². The highest BCUT2D eigenvalue weighted by molar-refractivity contribution is 4.92. The van der Waals surface area contributed by atoms with Gasteiger partial charge in [0.25, 0.3) is 0 Å². The molecule has 2 heteroatoms. The molecular weight excluding hydrogens is 296 g/mol. The molecule has 0 aliphatic carbocycles. The zero-order valence-electron chi connectivity index (χ0n) is 17.4. The van der Waals surface area contributed by atoms with Gasteiger partial charge in [0.1, 0.15) is 0 Å². The second-order valence-electron chi connectivity index (χ2n) is 8.58. The standard InChI is InChI=1S/C22H44O2/c1-19(2)11-9-13-20(3)12-7-8-18-24-22(5,6)16-10-14-21(4)15-17-23/h11,20-21,23H,7-10,12-18H2,1-6H3/t20-,21+/m0/s1. The van der Waals surface area contributed by atoms with Gasteiger partial charge in [0.05, 0.1) is 5.60 Å². The van der Waals surface area contributed by atoms with Crippen LogP contribution in [0.5, 0.6) is 0 Å². The van der Waals surface area contributed by atoms with E-state index < -0.39 is 0 Å². The number of hydrogen-bond donors (Lipinski definition) is 1. The van der Waals surface area contributed by atoms with E-state index >= 15 is 0 Å². The minimum Gasteiger partial charge on any atom is -0.396 e. The summed E-state index contributed by atoms with van der Waals surface area (Å²) in [4.78, 5) is 0. The third-order valence-corrected chi connectivity index (χ3v) is 4.89. The first-order chi connectivity index (χ1) is 11.3. The highest BCUT2D eigenvalue weighted by Gasteiger charge is 2.18. The van der Waals surface area contributed by atoms with Crippen LogP contribution < -0.4 is 0 Å². The first-order valence-corrected chi connectivity index (χ1v) is 10.1. The van der Waals surface area contributed by atoms with Crippen molar-refractivity contribution >= 4 is 0 Å². The Labute approximate surface area is 152 Å². The maximum Gasteiger partial charge on any atom is 0.0626 e. The molecule has 0 bridgehead atoms. The molecule has 2 nitrogen and oxygen atoms in total. The van der Waals surface area contributed by atoms with Crippen LogP contribution in [0.25, 0.3) is 0 Å². The van der Waals surface area contributed by atoms with Crippen molar-refractivity contribution in [2.45, 2.75) is 105 Å². The maximum absolute atomic E-state index is 8.95. The van der Waals surface area contributed by atoms with Crippen molar-refractivity contribution in [3.05, 3.63) is 11.6 Å². The third-order valence-electron chi connectivity index (χ3n) is 4.89. The Morgan fingerprint density at radius 2 is 1.58 bits per heavy atom. The smallest absolute Gasteiger partial charge is 0.0626 e. The summed E-state index contributed by atoms with van der Waals surface area (Å²) in [6.45, 7) is 14.6. The molecule has 0 saturated heterocycles. The Kier molecular flexibility index (Phi) is 13.7. The molecule has 0 aromatic rings. The van der Waals surface area contributed by atoms with Crippen LogP contribution in [0.4, 0.5) is 0 Å². The molecule has 0 aliphatic heterocycles. The quantitative estimate of drug-likeness (QED) is 0.271. The summed E-state index contributed by atoms with van der Waals surface area (Å²) in [5.41, 5.74) is 1.43. The fourth-order valence-electron chi connectivity index (χ4n) is 3.06. The second-order valence-corrected chi connectivity index (χ2v) is 8.58. The highest BCUT2D eigenvalue weighted by Crippen LogP contribution is 2.22. The van der Waals surface area contributed by atoms with Crippen molar-refractivity contribution in [1.29, 1.82) is 0 Å². The zero-order valence-corrected chi connectivity index (χ0v) is 17.4. The van der Waals surface area contributed by atoms with Crippen molar-refractivity contribution in [3.63, 3.8) is 0 Å². The van der Waals surface area contributed by atoms with Gasteiger partial charge in [-0.05, 0) is 71.6 Å². The number of hydrogen-bond acceptors (Lipinski definition) is 2. The zero-order chi connectivity index (χ0) is 18.4. The molecule has 1 N–H and O–H groups in total. The van der Waals surface area contributed by atoms with Gasteiger partial charge in [-0.15, -0.1) is 0 Å². The minimum absolute atomic E-state index is 0.00595. The van der Waals surface area contributed by atoms with Crippen molar-refractivity contribution in [2.24, 2.45) is 11.8 Å². The molecule has 0 radical (unpaired) electrons. The van der Waals surface area contributed by atoms with Gasteiger partial charge in [-0.3, -0.25) is 0 Å². The Morgan fingerprint density at radius 1 is 0.958 bits per heavy atom. The van der Waals surface area contributed by atoms with Crippen molar-refractivity contribution in [1.82, 2.24) is 0 Å². The molecule has 0 amide bonds. The summed E-state index contributed by atoms with van der Waals surface area (Å²) >= 11 is 0. The van der Waals surface area contributed by atoms with Gasteiger partial charge in [-0.1, -0.05) is 51.2 Å². The van der Waals surface area contributed by atoms with Crippen LogP contribution in [0, 0.1) is 11.8 Å². The summed E-state index contributed by atoms with van der Waals surface area (Å²) in [6, 6.07) is 0. The number of aliphatic hydroxyl groups excluding tert-OH is 1. The van der Waals surface area contributed by atoms with Crippen molar-refractivity contribution in [2.75, 3.05) is 13.2 Å². The highest BCUT2D eigenvalue weighted by atomic mass is 16.5. The van der Waals surface area contributed by atoms with Gasteiger partial charge in [0, 0.05) is 13.2 Å². The molecular formula is C22H44O2. The molecule has 144 valence electrons. The number of allylic oxidation sites excluding steroid dienone is 2. The summed E-state index contributed by atoms with van der Waals surface area (Å²) in [5, 5.41) is 8.95. The molecule has 0 unspecified atom stereocenters. The third kappa shape index (κ3) is 15.2. The lowest BCUT2D eigenvalue weighted by Gasteiger charge is -2.26. The Morgan fingerprint density at radius 3 is 2.21 bits per heavy atom. The topological polar surface area (TPSA) is 29.5 Å². The maximum atomic E-state index is 8.95. The molecule has 0 rings (SSSR count). The normalized spacial score (nSPS) is 14.5. The SMILES string of the molecule is CC(C)=CCC[C@@H](C)CCCCOC(C)(C)CCC[C@@H](C)CCO. The molecule has 0 fully saturated rings. The van der Waals surface area contributed by atoms with Crippen molar-refractivity contribution < 1.29 is 9.84 Å². The van der Waals surface area contributed by atoms with E-state index in [0.29, 0.717) is 12.5 Å². The van der Waals surface area contributed by atoms with Crippen LogP contribution in [0.15, 0.2) is 11.6 Å². The van der Waals surface area contributed by atoms with Crippen LogP contribution in [-0.2, 0) is 4.74 Å². The molecule has 0 heterocycles. The van der Waals surface area contributed by atoms with Gasteiger partial charge in [-0.25, -0.2) is 0 Å². The number of ether oxygens (including phenoxy) is 1. The number of unbranched alkanes of at least 4 members (excludes halogenated alkanes) is 1. The van der Waals surface area contributed by atoms with E-state index in [2.05, 4.69) is 47.6 Å². The Hall–Kier alpha value is -0.340. The van der Waals surface area contributed by atoms with E-state index in [1.165, 1.54) is 50.5 Å². The average molecular weight is 341 g/mol. The summed E-state index contributed by atoms with van der Waals surface area (Å²) in [7, 11) is 0. The van der Waals surface area contributed by atoms with Crippen LogP contribution in [0.2, 0.25) is 0 Å². The molecule has 24 heavy (non-hydrogen) atoms. The lowest BCUT2D eigenvalue weighted by atomic mass is 9.95. The fourth-order valence-corrected chi connectivity index (χ4v) is 3.06.